The highest BCUT2D eigenvalue weighted by atomic mass is 16.4. The van der Waals surface area contributed by atoms with Crippen LogP contribution < -0.4 is 5.56 Å². The quantitative estimate of drug-likeness (QED) is 0.626. The lowest BCUT2D eigenvalue weighted by Crippen LogP contribution is -2.24. The van der Waals surface area contributed by atoms with Crippen molar-refractivity contribution in [2.24, 2.45) is 0 Å². The molecule has 1 unspecified atom stereocenters. The first kappa shape index (κ1) is 17.7. The fourth-order valence-corrected chi connectivity index (χ4v) is 3.73. The number of carbonyl (C=O) groups is 1. The molecule has 1 aliphatic rings. The zero-order valence-corrected chi connectivity index (χ0v) is 14.9. The Kier molecular flexibility index (Phi) is 4.45. The van der Waals surface area contributed by atoms with E-state index in [4.69, 9.17) is 4.42 Å². The molecule has 0 bridgehead atoms. The number of furan rings is 1. The minimum atomic E-state index is -0.885. The third-order valence-corrected chi connectivity index (χ3v) is 5.13. The summed E-state index contributed by atoms with van der Waals surface area (Å²) in [6, 6.07) is 5.15. The van der Waals surface area contributed by atoms with Crippen LogP contribution in [0.2, 0.25) is 0 Å². The molecule has 3 heterocycles. The summed E-state index contributed by atoms with van der Waals surface area (Å²) in [5.41, 5.74) is 1.37. The number of aromatic nitrogens is 2. The molecule has 0 saturated carbocycles. The van der Waals surface area contributed by atoms with E-state index in [0.29, 0.717) is 53.8 Å². The number of likely N-dealkylation sites (tertiary alicyclic amines) is 1. The van der Waals surface area contributed by atoms with Crippen LogP contribution in [0.3, 0.4) is 0 Å². The van der Waals surface area contributed by atoms with Crippen molar-refractivity contribution in [3.8, 4) is 0 Å². The molecule has 142 valence electrons. The van der Waals surface area contributed by atoms with Gasteiger partial charge in [0.1, 0.15) is 16.9 Å². The number of H-pyrrole nitrogens is 1. The van der Waals surface area contributed by atoms with Gasteiger partial charge in [-0.1, -0.05) is 13.0 Å². The summed E-state index contributed by atoms with van der Waals surface area (Å²) in [6.07, 6.45) is 0.824. The van der Waals surface area contributed by atoms with Crippen molar-refractivity contribution in [3.63, 3.8) is 0 Å². The van der Waals surface area contributed by atoms with E-state index < -0.39 is 11.9 Å². The van der Waals surface area contributed by atoms with E-state index in [-0.39, 0.29) is 17.2 Å². The second kappa shape index (κ2) is 6.79. The van der Waals surface area contributed by atoms with Crippen molar-refractivity contribution in [1.82, 2.24) is 14.9 Å². The second-order valence-electron chi connectivity index (χ2n) is 7.02. The van der Waals surface area contributed by atoms with Crippen LogP contribution in [-0.2, 0) is 11.3 Å². The molecular weight excluding hydrogens is 350 g/mol. The summed E-state index contributed by atoms with van der Waals surface area (Å²) in [7, 11) is 0. The van der Waals surface area contributed by atoms with Gasteiger partial charge in [0.25, 0.3) is 5.56 Å². The summed E-state index contributed by atoms with van der Waals surface area (Å²) in [5.74, 6) is -1.00. The fourth-order valence-electron chi connectivity index (χ4n) is 3.73. The molecule has 0 amide bonds. The van der Waals surface area contributed by atoms with Gasteiger partial charge >= 0.3 is 5.97 Å². The highest BCUT2D eigenvalue weighted by Gasteiger charge is 2.23. The van der Waals surface area contributed by atoms with Gasteiger partial charge in [-0.05, 0) is 30.5 Å². The number of fused-ring (bicyclic) bond motifs is 3. The molecule has 8 nitrogen and oxygen atoms in total. The average Bonchev–Trinajstić information content (AvgIpc) is 3.19. The molecular formula is C19H21N3O5. The van der Waals surface area contributed by atoms with E-state index in [2.05, 4.69) is 9.97 Å². The summed E-state index contributed by atoms with van der Waals surface area (Å²) in [4.78, 5) is 33.2. The lowest BCUT2D eigenvalue weighted by Gasteiger charge is -2.13. The lowest BCUT2D eigenvalue weighted by atomic mass is 9.95. The number of hydrogen-bond donors (Lipinski definition) is 3. The first-order valence-electron chi connectivity index (χ1n) is 9.04. The largest absolute Gasteiger partial charge is 0.481 e. The molecule has 1 aromatic carbocycles. The minimum absolute atomic E-state index is 0.135. The smallest absolute Gasteiger partial charge is 0.310 e. The first-order chi connectivity index (χ1) is 13.0. The van der Waals surface area contributed by atoms with Crippen LogP contribution in [0.1, 0.15) is 37.1 Å². The molecule has 0 aliphatic carbocycles. The van der Waals surface area contributed by atoms with Crippen LogP contribution >= 0.6 is 0 Å². The van der Waals surface area contributed by atoms with Crippen molar-refractivity contribution in [3.05, 3.63) is 39.9 Å². The van der Waals surface area contributed by atoms with Crippen LogP contribution in [0.25, 0.3) is 22.1 Å². The van der Waals surface area contributed by atoms with Crippen molar-refractivity contribution in [1.29, 1.82) is 0 Å². The van der Waals surface area contributed by atoms with Crippen LogP contribution in [0.15, 0.2) is 27.4 Å². The number of β-amino-alcohol motifs (C(OH)–C–C–N with tert-alkyl or cyclic N) is 1. The van der Waals surface area contributed by atoms with E-state index in [0.717, 1.165) is 6.54 Å². The number of aliphatic hydroxyl groups excluding tert-OH is 1. The lowest BCUT2D eigenvalue weighted by molar-refractivity contribution is -0.138. The highest BCUT2D eigenvalue weighted by molar-refractivity contribution is 6.02. The summed E-state index contributed by atoms with van der Waals surface area (Å²) >= 11 is 0. The third kappa shape index (κ3) is 3.22. The Balaban J connectivity index is 1.79. The Morgan fingerprint density at radius 2 is 2.30 bits per heavy atom. The zero-order valence-electron chi connectivity index (χ0n) is 14.9. The molecule has 3 N–H and O–H groups in total. The van der Waals surface area contributed by atoms with Crippen molar-refractivity contribution < 1.29 is 19.4 Å². The second-order valence-corrected chi connectivity index (χ2v) is 7.02. The Morgan fingerprint density at radius 3 is 2.96 bits per heavy atom. The predicted molar refractivity (Wildman–Crippen MR) is 98.7 cm³/mol. The maximum atomic E-state index is 12.4. The molecule has 2 atom stereocenters. The Bertz CT molecular complexity index is 1070. The Morgan fingerprint density at radius 1 is 1.48 bits per heavy atom. The number of nitrogens with one attached hydrogen (secondary N) is 1. The van der Waals surface area contributed by atoms with E-state index in [1.807, 2.05) is 11.8 Å². The third-order valence-electron chi connectivity index (χ3n) is 5.13. The van der Waals surface area contributed by atoms with Gasteiger partial charge in [-0.15, -0.1) is 0 Å². The summed E-state index contributed by atoms with van der Waals surface area (Å²) in [5, 5.41) is 19.7. The van der Waals surface area contributed by atoms with Gasteiger partial charge in [-0.3, -0.25) is 14.5 Å². The summed E-state index contributed by atoms with van der Waals surface area (Å²) in [6.45, 7) is 3.55. The van der Waals surface area contributed by atoms with Crippen LogP contribution in [0.4, 0.5) is 0 Å². The van der Waals surface area contributed by atoms with Crippen LogP contribution in [0.5, 0.6) is 0 Å². The highest BCUT2D eigenvalue weighted by Crippen LogP contribution is 2.30. The van der Waals surface area contributed by atoms with Gasteiger partial charge < -0.3 is 19.6 Å². The standard InChI is InChI=1S/C19H21N3O5/c1-2-12(19(25)26)10-3-4-14-13(7-10)16-17(27-14)18(24)21-15(20-16)9-22-6-5-11(23)8-22/h3-4,7,11-12,23H,2,5-6,8-9H2,1H3,(H,25,26)(H,20,21,24)/t11-,12?/m0/s1. The number of benzene rings is 1. The molecule has 27 heavy (non-hydrogen) atoms. The van der Waals surface area contributed by atoms with Crippen molar-refractivity contribution >= 4 is 28.0 Å². The Labute approximate surface area is 154 Å². The number of rotatable bonds is 5. The molecule has 2 aromatic heterocycles. The molecule has 3 aromatic rings. The van der Waals surface area contributed by atoms with Gasteiger partial charge in [0.05, 0.1) is 18.6 Å². The predicted octanol–water partition coefficient (Wildman–Crippen LogP) is 1.81. The normalized spacial score (nSPS) is 19.1. The number of aliphatic hydroxyl groups is 1. The number of aromatic amines is 1. The molecule has 8 heteroatoms. The van der Waals surface area contributed by atoms with E-state index in [9.17, 15) is 19.8 Å². The number of hydrogen-bond acceptors (Lipinski definition) is 6. The molecule has 0 spiro atoms. The maximum Gasteiger partial charge on any atom is 0.310 e. The average molecular weight is 371 g/mol. The SMILES string of the molecule is CCC(C(=O)O)c1ccc2oc3c(=O)[nH]c(CN4CC[C@H](O)C4)nc3c2c1. The van der Waals surface area contributed by atoms with E-state index in [1.54, 1.807) is 18.2 Å². The number of carboxylic acid groups (broad SMARTS) is 1. The Hall–Kier alpha value is -2.71. The molecule has 4 rings (SSSR count). The van der Waals surface area contributed by atoms with E-state index >= 15 is 0 Å². The zero-order chi connectivity index (χ0) is 19.1. The van der Waals surface area contributed by atoms with Gasteiger partial charge in [0.15, 0.2) is 0 Å². The maximum absolute atomic E-state index is 12.4. The van der Waals surface area contributed by atoms with E-state index in [1.165, 1.54) is 0 Å². The molecule has 1 aliphatic heterocycles. The van der Waals surface area contributed by atoms with Gasteiger partial charge in [0.2, 0.25) is 5.58 Å². The van der Waals surface area contributed by atoms with Gasteiger partial charge in [0, 0.05) is 18.5 Å². The topological polar surface area (TPSA) is 120 Å². The fraction of sp³-hybridized carbons (Fsp3) is 0.421. The van der Waals surface area contributed by atoms with Gasteiger partial charge in [-0.2, -0.15) is 0 Å². The van der Waals surface area contributed by atoms with Crippen LogP contribution in [0, 0.1) is 0 Å². The first-order valence-corrected chi connectivity index (χ1v) is 9.04. The minimum Gasteiger partial charge on any atom is -0.481 e. The number of carboxylic acids is 1. The molecule has 1 fully saturated rings. The molecule has 1 saturated heterocycles. The number of aliphatic carboxylic acids is 1. The molecule has 0 radical (unpaired) electrons. The van der Waals surface area contributed by atoms with Crippen molar-refractivity contribution in [2.75, 3.05) is 13.1 Å². The van der Waals surface area contributed by atoms with Crippen LogP contribution in [-0.4, -0.2) is 50.2 Å². The monoisotopic (exact) mass is 371 g/mol. The summed E-state index contributed by atoms with van der Waals surface area (Å²) < 4.78 is 5.65. The van der Waals surface area contributed by atoms with Gasteiger partial charge in [-0.25, -0.2) is 4.98 Å². The number of nitrogens with zero attached hydrogens (tertiary/aromatic N) is 2. The van der Waals surface area contributed by atoms with Crippen molar-refractivity contribution in [2.45, 2.75) is 38.3 Å².